The van der Waals surface area contributed by atoms with Crippen LogP contribution in [0, 0.1) is 5.82 Å². The Kier molecular flexibility index (Phi) is 2.62. The van der Waals surface area contributed by atoms with Gasteiger partial charge in [0, 0.05) is 0 Å². The SMILES string of the molecule is O=c1[nH]c(=O)n([C@@H]2OCC(O)[C@@H]2O)cc1F. The molecule has 1 aromatic heterocycles. The summed E-state index contributed by atoms with van der Waals surface area (Å²) in [7, 11) is 0. The zero-order chi connectivity index (χ0) is 11.9. The molecule has 0 amide bonds. The Morgan fingerprint density at radius 2 is 2.19 bits per heavy atom. The lowest BCUT2D eigenvalue weighted by atomic mass is 10.2. The maximum Gasteiger partial charge on any atom is 0.330 e. The highest BCUT2D eigenvalue weighted by Crippen LogP contribution is 2.22. The van der Waals surface area contributed by atoms with E-state index in [0.717, 1.165) is 0 Å². The fourth-order valence-corrected chi connectivity index (χ4v) is 1.48. The minimum Gasteiger partial charge on any atom is -0.388 e. The normalized spacial score (nSPS) is 29.6. The highest BCUT2D eigenvalue weighted by atomic mass is 19.1. The molecule has 1 fully saturated rings. The Balaban J connectivity index is 2.45. The van der Waals surface area contributed by atoms with Gasteiger partial charge in [-0.2, -0.15) is 4.39 Å². The molecule has 8 heteroatoms. The second-order valence-electron chi connectivity index (χ2n) is 3.43. The van der Waals surface area contributed by atoms with Gasteiger partial charge in [0.1, 0.15) is 12.2 Å². The number of ether oxygens (including phenoxy) is 1. The van der Waals surface area contributed by atoms with Crippen LogP contribution in [0.4, 0.5) is 4.39 Å². The Morgan fingerprint density at radius 1 is 1.50 bits per heavy atom. The Labute approximate surface area is 87.7 Å². The first-order chi connectivity index (χ1) is 7.50. The van der Waals surface area contributed by atoms with E-state index in [2.05, 4.69) is 0 Å². The third-order valence-corrected chi connectivity index (χ3v) is 2.32. The second-order valence-corrected chi connectivity index (χ2v) is 3.43. The first-order valence-corrected chi connectivity index (χ1v) is 4.49. The lowest BCUT2D eigenvalue weighted by Crippen LogP contribution is -2.38. The van der Waals surface area contributed by atoms with Crippen molar-refractivity contribution in [2.45, 2.75) is 18.4 Å². The van der Waals surface area contributed by atoms with Gasteiger partial charge in [0.05, 0.1) is 12.8 Å². The highest BCUT2D eigenvalue weighted by molar-refractivity contribution is 4.91. The number of halogens is 1. The van der Waals surface area contributed by atoms with Crippen LogP contribution < -0.4 is 11.2 Å². The van der Waals surface area contributed by atoms with Crippen LogP contribution >= 0.6 is 0 Å². The molecule has 16 heavy (non-hydrogen) atoms. The number of hydrogen-bond donors (Lipinski definition) is 3. The first kappa shape index (κ1) is 11.0. The number of aliphatic hydroxyl groups is 2. The zero-order valence-electron chi connectivity index (χ0n) is 7.96. The zero-order valence-corrected chi connectivity index (χ0v) is 7.96. The molecule has 7 nitrogen and oxygen atoms in total. The van der Waals surface area contributed by atoms with E-state index in [9.17, 15) is 24.2 Å². The van der Waals surface area contributed by atoms with Crippen LogP contribution in [0.25, 0.3) is 0 Å². The van der Waals surface area contributed by atoms with Crippen LogP contribution in [0.3, 0.4) is 0 Å². The molecule has 3 N–H and O–H groups in total. The van der Waals surface area contributed by atoms with E-state index >= 15 is 0 Å². The van der Waals surface area contributed by atoms with Gasteiger partial charge >= 0.3 is 5.69 Å². The van der Waals surface area contributed by atoms with Crippen LogP contribution in [0.1, 0.15) is 6.23 Å². The highest BCUT2D eigenvalue weighted by Gasteiger charge is 2.36. The van der Waals surface area contributed by atoms with Gasteiger partial charge in [-0.1, -0.05) is 0 Å². The van der Waals surface area contributed by atoms with E-state index in [0.29, 0.717) is 10.8 Å². The Morgan fingerprint density at radius 3 is 2.75 bits per heavy atom. The standard InChI is InChI=1S/C8H9FN2O5/c9-3-1-11(8(15)10-6(3)14)7-5(13)4(12)2-16-7/h1,4-5,7,12-13H,2H2,(H,10,14,15)/t4?,5-,7+/m0/s1. The number of rotatable bonds is 1. The van der Waals surface area contributed by atoms with Crippen molar-refractivity contribution in [2.24, 2.45) is 0 Å². The van der Waals surface area contributed by atoms with Crippen molar-refractivity contribution in [1.82, 2.24) is 9.55 Å². The van der Waals surface area contributed by atoms with E-state index in [4.69, 9.17) is 4.74 Å². The van der Waals surface area contributed by atoms with E-state index < -0.39 is 35.5 Å². The molecule has 1 aliphatic rings. The summed E-state index contributed by atoms with van der Waals surface area (Å²) >= 11 is 0. The maximum atomic E-state index is 12.9. The molecular formula is C8H9FN2O5. The molecule has 0 spiro atoms. The molecule has 0 aliphatic carbocycles. The minimum absolute atomic E-state index is 0.168. The molecule has 3 atom stereocenters. The smallest absolute Gasteiger partial charge is 0.330 e. The largest absolute Gasteiger partial charge is 0.388 e. The second kappa shape index (κ2) is 3.81. The van der Waals surface area contributed by atoms with Crippen molar-refractivity contribution in [3.63, 3.8) is 0 Å². The summed E-state index contributed by atoms with van der Waals surface area (Å²) in [5.74, 6) is -1.17. The Bertz CT molecular complexity index is 510. The molecule has 1 saturated heterocycles. The average molecular weight is 232 g/mol. The predicted molar refractivity (Wildman–Crippen MR) is 48.3 cm³/mol. The topological polar surface area (TPSA) is 105 Å². The molecule has 0 radical (unpaired) electrons. The van der Waals surface area contributed by atoms with Crippen molar-refractivity contribution in [1.29, 1.82) is 0 Å². The molecule has 1 aromatic rings. The summed E-state index contributed by atoms with van der Waals surface area (Å²) in [4.78, 5) is 23.8. The van der Waals surface area contributed by atoms with Crippen LogP contribution in [0.2, 0.25) is 0 Å². The third-order valence-electron chi connectivity index (χ3n) is 2.32. The van der Waals surface area contributed by atoms with Gasteiger partial charge in [-0.15, -0.1) is 0 Å². The molecule has 0 saturated carbocycles. The van der Waals surface area contributed by atoms with Crippen molar-refractivity contribution in [2.75, 3.05) is 6.61 Å². The van der Waals surface area contributed by atoms with E-state index in [1.54, 1.807) is 4.98 Å². The summed E-state index contributed by atoms with van der Waals surface area (Å²) in [6.45, 7) is -0.168. The van der Waals surface area contributed by atoms with Gasteiger partial charge in [-0.05, 0) is 0 Å². The number of aliphatic hydroxyl groups excluding tert-OH is 2. The number of hydrogen-bond acceptors (Lipinski definition) is 5. The van der Waals surface area contributed by atoms with E-state index in [1.807, 2.05) is 0 Å². The van der Waals surface area contributed by atoms with E-state index in [-0.39, 0.29) is 6.61 Å². The summed E-state index contributed by atoms with van der Waals surface area (Å²) in [5.41, 5.74) is -2.06. The molecule has 2 heterocycles. The summed E-state index contributed by atoms with van der Waals surface area (Å²) in [6.07, 6.45) is -3.06. The fourth-order valence-electron chi connectivity index (χ4n) is 1.48. The number of nitrogens with one attached hydrogen (secondary N) is 1. The first-order valence-electron chi connectivity index (χ1n) is 4.49. The van der Waals surface area contributed by atoms with Gasteiger partial charge < -0.3 is 14.9 Å². The van der Waals surface area contributed by atoms with Gasteiger partial charge in [0.15, 0.2) is 6.23 Å². The lowest BCUT2D eigenvalue weighted by Gasteiger charge is -2.16. The number of aromatic amines is 1. The van der Waals surface area contributed by atoms with Crippen LogP contribution in [-0.4, -0.2) is 38.6 Å². The number of nitrogens with zero attached hydrogens (tertiary/aromatic N) is 1. The molecule has 1 unspecified atom stereocenters. The fraction of sp³-hybridized carbons (Fsp3) is 0.500. The van der Waals surface area contributed by atoms with Gasteiger partial charge in [0.2, 0.25) is 5.82 Å². The average Bonchev–Trinajstić information content (AvgIpc) is 2.54. The van der Waals surface area contributed by atoms with Gasteiger partial charge in [-0.3, -0.25) is 14.3 Å². The molecule has 0 aromatic carbocycles. The molecule has 1 aliphatic heterocycles. The van der Waals surface area contributed by atoms with Crippen molar-refractivity contribution in [3.8, 4) is 0 Å². The maximum absolute atomic E-state index is 12.9. The molecule has 2 rings (SSSR count). The number of H-pyrrole nitrogens is 1. The molecular weight excluding hydrogens is 223 g/mol. The summed E-state index contributed by atoms with van der Waals surface area (Å²) in [6, 6.07) is 0. The van der Waals surface area contributed by atoms with Crippen LogP contribution in [0.15, 0.2) is 15.8 Å². The van der Waals surface area contributed by atoms with E-state index in [1.165, 1.54) is 0 Å². The van der Waals surface area contributed by atoms with Crippen molar-refractivity contribution < 1.29 is 19.3 Å². The minimum atomic E-state index is -1.34. The van der Waals surface area contributed by atoms with Crippen molar-refractivity contribution in [3.05, 3.63) is 32.9 Å². The summed E-state index contributed by atoms with van der Waals surface area (Å²) < 4.78 is 18.5. The molecule has 88 valence electrons. The monoisotopic (exact) mass is 232 g/mol. The van der Waals surface area contributed by atoms with Gasteiger partial charge in [-0.25, -0.2) is 4.79 Å². The lowest BCUT2D eigenvalue weighted by molar-refractivity contribution is -0.0218. The number of aromatic nitrogens is 2. The molecule has 0 bridgehead atoms. The summed E-state index contributed by atoms with van der Waals surface area (Å²) in [5, 5.41) is 18.6. The van der Waals surface area contributed by atoms with Crippen LogP contribution in [0.5, 0.6) is 0 Å². The van der Waals surface area contributed by atoms with Crippen molar-refractivity contribution >= 4 is 0 Å². The van der Waals surface area contributed by atoms with Gasteiger partial charge in [0.25, 0.3) is 5.56 Å². The predicted octanol–water partition coefficient (Wildman–Crippen LogP) is -2.07. The third kappa shape index (κ3) is 1.66. The van der Waals surface area contributed by atoms with Crippen LogP contribution in [-0.2, 0) is 4.74 Å². The quantitative estimate of drug-likeness (QED) is 0.515. The Hall–Kier alpha value is -1.51.